The topological polar surface area (TPSA) is 99.4 Å². The fourth-order valence-electron chi connectivity index (χ4n) is 5.00. The normalized spacial score (nSPS) is 21.3. The van der Waals surface area contributed by atoms with Crippen molar-refractivity contribution in [1.29, 1.82) is 0 Å². The van der Waals surface area contributed by atoms with Gasteiger partial charge in [0.15, 0.2) is 11.5 Å². The van der Waals surface area contributed by atoms with Crippen molar-refractivity contribution >= 4 is 28.2 Å². The van der Waals surface area contributed by atoms with Crippen LogP contribution in [0.15, 0.2) is 24.5 Å². The number of rotatable bonds is 5. The zero-order chi connectivity index (χ0) is 23.4. The number of benzene rings is 1. The molecule has 4 heterocycles. The van der Waals surface area contributed by atoms with Gasteiger partial charge in [0.1, 0.15) is 23.3 Å². The van der Waals surface area contributed by atoms with Gasteiger partial charge in [0, 0.05) is 37.8 Å². The highest BCUT2D eigenvalue weighted by molar-refractivity contribution is 5.95. The first-order valence-electron chi connectivity index (χ1n) is 11.6. The molecule has 2 fully saturated rings. The van der Waals surface area contributed by atoms with Crippen molar-refractivity contribution in [2.75, 3.05) is 30.8 Å². The molecular weight excluding hydrogens is 442 g/mol. The number of fused-ring (bicyclic) bond motifs is 3. The van der Waals surface area contributed by atoms with Crippen LogP contribution in [0.3, 0.4) is 0 Å². The van der Waals surface area contributed by atoms with E-state index in [9.17, 15) is 8.78 Å². The largest absolute Gasteiger partial charge is 0.494 e. The molecular formula is C23H26F2N8O. The smallest absolute Gasteiger partial charge is 0.223 e. The van der Waals surface area contributed by atoms with Crippen molar-refractivity contribution in [2.24, 2.45) is 5.92 Å². The van der Waals surface area contributed by atoms with Crippen LogP contribution in [0, 0.1) is 11.7 Å². The van der Waals surface area contributed by atoms with Crippen LogP contribution in [0.1, 0.15) is 37.4 Å². The molecule has 0 amide bonds. The lowest BCUT2D eigenvalue weighted by Gasteiger charge is -2.34. The Morgan fingerprint density at radius 1 is 1.21 bits per heavy atom. The maximum absolute atomic E-state index is 14.8. The number of halogens is 2. The van der Waals surface area contributed by atoms with Gasteiger partial charge in [-0.15, -0.1) is 5.10 Å². The van der Waals surface area contributed by atoms with E-state index in [0.717, 1.165) is 12.2 Å². The number of hydrogen-bond acceptors (Lipinski definition) is 7. The zero-order valence-electron chi connectivity index (χ0n) is 18.9. The van der Waals surface area contributed by atoms with Crippen molar-refractivity contribution in [1.82, 2.24) is 29.4 Å². The van der Waals surface area contributed by atoms with E-state index in [-0.39, 0.29) is 17.6 Å². The third kappa shape index (κ3) is 3.59. The Morgan fingerprint density at radius 3 is 2.82 bits per heavy atom. The molecule has 2 N–H and O–H groups in total. The highest BCUT2D eigenvalue weighted by Crippen LogP contribution is 2.34. The summed E-state index contributed by atoms with van der Waals surface area (Å²) in [5.74, 6) is 0.777. The Balaban J connectivity index is 1.33. The minimum atomic E-state index is -1.04. The van der Waals surface area contributed by atoms with Gasteiger partial charge in [-0.05, 0) is 31.2 Å². The standard InChI is InChI=1S/C23H26F2N8O/c1-34-19-7-15(24)6-18-20(19)28-23(26)33-22(18)29-21(30-33)14-5-16(25)11-31(10-14)17-8-27-32(12-17)9-13-3-2-4-13/h6-8,12-14,16H,2-5,9-11H2,1H3,(H2,26,28). The second-order valence-electron chi connectivity index (χ2n) is 9.33. The first kappa shape index (κ1) is 21.1. The van der Waals surface area contributed by atoms with Gasteiger partial charge >= 0.3 is 0 Å². The van der Waals surface area contributed by atoms with E-state index < -0.39 is 12.0 Å². The Morgan fingerprint density at radius 2 is 2.06 bits per heavy atom. The summed E-state index contributed by atoms with van der Waals surface area (Å²) in [5, 5.41) is 9.46. The Hall–Kier alpha value is -3.50. The lowest BCUT2D eigenvalue weighted by atomic mass is 9.85. The monoisotopic (exact) mass is 468 g/mol. The number of aromatic nitrogens is 6. The Bertz CT molecular complexity index is 1360. The molecule has 11 heteroatoms. The number of anilines is 2. The maximum atomic E-state index is 14.8. The van der Waals surface area contributed by atoms with Crippen LogP contribution in [0.2, 0.25) is 0 Å². The molecule has 178 valence electrons. The van der Waals surface area contributed by atoms with E-state index in [2.05, 4.69) is 20.2 Å². The van der Waals surface area contributed by atoms with E-state index in [1.54, 1.807) is 6.20 Å². The van der Waals surface area contributed by atoms with Gasteiger partial charge in [0.2, 0.25) is 5.95 Å². The number of ether oxygens (including phenoxy) is 1. The molecule has 1 aliphatic carbocycles. The molecule has 2 atom stereocenters. The molecule has 2 unspecified atom stereocenters. The van der Waals surface area contributed by atoms with Crippen molar-refractivity contribution in [2.45, 2.75) is 44.3 Å². The van der Waals surface area contributed by atoms with E-state index in [4.69, 9.17) is 10.5 Å². The SMILES string of the molecule is COc1cc(F)cc2c1nc(N)n1nc(C3CC(F)CN(c4cnn(CC5CCC5)c4)C3)nc21. The summed E-state index contributed by atoms with van der Waals surface area (Å²) < 4.78 is 37.7. The highest BCUT2D eigenvalue weighted by atomic mass is 19.1. The van der Waals surface area contributed by atoms with Crippen LogP contribution < -0.4 is 15.4 Å². The number of nitrogen functional groups attached to an aromatic ring is 1. The number of nitrogens with two attached hydrogens (primary N) is 1. The number of hydrogen-bond donors (Lipinski definition) is 1. The van der Waals surface area contributed by atoms with E-state index in [0.29, 0.717) is 47.8 Å². The van der Waals surface area contributed by atoms with Crippen LogP contribution in [0.25, 0.3) is 16.6 Å². The summed E-state index contributed by atoms with van der Waals surface area (Å²) in [4.78, 5) is 11.0. The number of alkyl halides is 1. The molecule has 3 aromatic heterocycles. The van der Waals surface area contributed by atoms with Crippen LogP contribution in [-0.2, 0) is 6.54 Å². The van der Waals surface area contributed by atoms with Crippen molar-refractivity contribution in [3.63, 3.8) is 0 Å². The average Bonchev–Trinajstić information content (AvgIpc) is 3.44. The second kappa shape index (κ2) is 8.07. The van der Waals surface area contributed by atoms with Crippen LogP contribution in [-0.4, -0.2) is 55.7 Å². The molecule has 1 saturated carbocycles. The molecule has 0 spiro atoms. The average molecular weight is 469 g/mol. The third-order valence-corrected chi connectivity index (χ3v) is 6.99. The molecule has 1 aromatic carbocycles. The molecule has 1 aliphatic heterocycles. The summed E-state index contributed by atoms with van der Waals surface area (Å²) in [6.45, 7) is 1.76. The fraction of sp³-hybridized carbons (Fsp3) is 0.478. The number of nitrogens with zero attached hydrogens (tertiary/aromatic N) is 7. The summed E-state index contributed by atoms with van der Waals surface area (Å²) >= 11 is 0. The lowest BCUT2D eigenvalue weighted by Crippen LogP contribution is -2.40. The molecule has 6 rings (SSSR count). The van der Waals surface area contributed by atoms with Gasteiger partial charge in [0.05, 0.1) is 24.4 Å². The maximum Gasteiger partial charge on any atom is 0.223 e. The molecule has 2 aliphatic rings. The summed E-state index contributed by atoms with van der Waals surface area (Å²) in [6, 6.07) is 2.58. The predicted molar refractivity (Wildman–Crippen MR) is 123 cm³/mol. The predicted octanol–water partition coefficient (Wildman–Crippen LogP) is 3.34. The molecule has 0 radical (unpaired) electrons. The van der Waals surface area contributed by atoms with Crippen molar-refractivity contribution in [3.8, 4) is 5.75 Å². The molecule has 0 bridgehead atoms. The molecule has 4 aromatic rings. The van der Waals surface area contributed by atoms with Gasteiger partial charge in [-0.2, -0.15) is 9.61 Å². The van der Waals surface area contributed by atoms with Gasteiger partial charge in [0.25, 0.3) is 0 Å². The second-order valence-corrected chi connectivity index (χ2v) is 9.33. The summed E-state index contributed by atoms with van der Waals surface area (Å²) in [6.07, 6.45) is 6.84. The highest BCUT2D eigenvalue weighted by Gasteiger charge is 2.32. The summed E-state index contributed by atoms with van der Waals surface area (Å²) in [5.41, 5.74) is 7.81. The van der Waals surface area contributed by atoms with Gasteiger partial charge in [-0.25, -0.2) is 18.7 Å². The minimum absolute atomic E-state index is 0.105. The van der Waals surface area contributed by atoms with Crippen LogP contribution in [0.5, 0.6) is 5.75 Å². The van der Waals surface area contributed by atoms with Crippen LogP contribution in [0.4, 0.5) is 20.4 Å². The van der Waals surface area contributed by atoms with Crippen molar-refractivity contribution in [3.05, 3.63) is 36.2 Å². The fourth-order valence-corrected chi connectivity index (χ4v) is 5.00. The first-order chi connectivity index (χ1) is 16.5. The number of methoxy groups -OCH3 is 1. The molecule has 9 nitrogen and oxygen atoms in total. The Kier molecular flexibility index (Phi) is 5.00. The van der Waals surface area contributed by atoms with Crippen molar-refractivity contribution < 1.29 is 13.5 Å². The zero-order valence-corrected chi connectivity index (χ0v) is 18.9. The minimum Gasteiger partial charge on any atom is -0.494 e. The van der Waals surface area contributed by atoms with Gasteiger partial charge < -0.3 is 15.4 Å². The quantitative estimate of drug-likeness (QED) is 0.480. The molecule has 34 heavy (non-hydrogen) atoms. The van der Waals surface area contributed by atoms with E-state index in [1.807, 2.05) is 15.8 Å². The Labute approximate surface area is 194 Å². The first-order valence-corrected chi connectivity index (χ1v) is 11.6. The third-order valence-electron chi connectivity index (χ3n) is 6.99. The number of piperidine rings is 1. The van der Waals surface area contributed by atoms with E-state index >= 15 is 0 Å². The van der Waals surface area contributed by atoms with Gasteiger partial charge in [-0.3, -0.25) is 4.68 Å². The molecule has 1 saturated heterocycles. The lowest BCUT2D eigenvalue weighted by molar-refractivity contribution is 0.263. The summed E-state index contributed by atoms with van der Waals surface area (Å²) in [7, 11) is 1.44. The van der Waals surface area contributed by atoms with Gasteiger partial charge in [-0.1, -0.05) is 6.42 Å². The van der Waals surface area contributed by atoms with Crippen LogP contribution >= 0.6 is 0 Å². The van der Waals surface area contributed by atoms with E-state index in [1.165, 1.54) is 43.0 Å².